The molecule has 0 aliphatic rings. The number of carbonyl (C=O) groups excluding carboxylic acids is 1. The number of nitro benzene ring substituents is 1. The van der Waals surface area contributed by atoms with E-state index in [0.717, 1.165) is 13.0 Å². The monoisotopic (exact) mass is 287 g/mol. The smallest absolute Gasteiger partial charge is 0.285 e. The van der Waals surface area contributed by atoms with E-state index in [1.165, 1.54) is 0 Å². The number of nitrogens with one attached hydrogen (secondary N) is 2. The van der Waals surface area contributed by atoms with Gasteiger partial charge in [0.2, 0.25) is 0 Å². The summed E-state index contributed by atoms with van der Waals surface area (Å²) in [7, 11) is 0. The summed E-state index contributed by atoms with van der Waals surface area (Å²) < 4.78 is 26.0. The molecule has 0 spiro atoms. The molecule has 0 aromatic heterocycles. The highest BCUT2D eigenvalue weighted by molar-refractivity contribution is 5.98. The lowest BCUT2D eigenvalue weighted by Gasteiger charge is -2.07. The fraction of sp³-hybridized carbons (Fsp3) is 0.417. The van der Waals surface area contributed by atoms with Gasteiger partial charge < -0.3 is 10.6 Å². The summed E-state index contributed by atoms with van der Waals surface area (Å²) in [5, 5.41) is 16.2. The van der Waals surface area contributed by atoms with Gasteiger partial charge >= 0.3 is 0 Å². The zero-order chi connectivity index (χ0) is 15.1. The van der Waals surface area contributed by atoms with Crippen molar-refractivity contribution in [2.24, 2.45) is 0 Å². The summed E-state index contributed by atoms with van der Waals surface area (Å²) in [5.41, 5.74) is -1.26. The highest BCUT2D eigenvalue weighted by Gasteiger charge is 2.23. The highest BCUT2D eigenvalue weighted by atomic mass is 19.2. The zero-order valence-corrected chi connectivity index (χ0v) is 10.9. The van der Waals surface area contributed by atoms with Crippen LogP contribution in [0.25, 0.3) is 0 Å². The molecule has 0 unspecified atom stereocenters. The molecule has 1 aromatic carbocycles. The summed E-state index contributed by atoms with van der Waals surface area (Å²) in [4.78, 5) is 21.5. The summed E-state index contributed by atoms with van der Waals surface area (Å²) in [6, 6.07) is 0.932. The van der Waals surface area contributed by atoms with Crippen LogP contribution in [0.15, 0.2) is 12.1 Å². The molecule has 6 nitrogen and oxygen atoms in total. The Morgan fingerprint density at radius 1 is 1.25 bits per heavy atom. The second-order valence-electron chi connectivity index (χ2n) is 4.05. The quantitative estimate of drug-likeness (QED) is 0.453. The van der Waals surface area contributed by atoms with Crippen LogP contribution in [-0.4, -0.2) is 30.5 Å². The summed E-state index contributed by atoms with van der Waals surface area (Å²) >= 11 is 0. The minimum Gasteiger partial charge on any atom is -0.351 e. The second-order valence-corrected chi connectivity index (χ2v) is 4.05. The molecule has 1 aromatic rings. The number of rotatable bonds is 7. The standard InChI is InChI=1S/C12H15F2N3O3/c1-2-3-15-4-5-16-12(18)8-6-9(13)10(14)7-11(8)17(19)20/h6-7,15H,2-5H2,1H3,(H,16,18). The molecule has 0 radical (unpaired) electrons. The number of halogens is 2. The lowest BCUT2D eigenvalue weighted by Crippen LogP contribution is -2.32. The molecular weight excluding hydrogens is 272 g/mol. The van der Waals surface area contributed by atoms with Crippen LogP contribution in [-0.2, 0) is 0 Å². The Hall–Kier alpha value is -2.09. The minimum absolute atomic E-state index is 0.231. The maximum atomic E-state index is 13.1. The van der Waals surface area contributed by atoms with Crippen LogP contribution in [0.2, 0.25) is 0 Å². The number of hydrogen-bond acceptors (Lipinski definition) is 4. The number of amides is 1. The van der Waals surface area contributed by atoms with E-state index in [1.807, 2.05) is 6.92 Å². The van der Waals surface area contributed by atoms with Gasteiger partial charge in [0, 0.05) is 13.1 Å². The van der Waals surface area contributed by atoms with Crippen molar-refractivity contribution >= 4 is 11.6 Å². The third kappa shape index (κ3) is 4.23. The van der Waals surface area contributed by atoms with Gasteiger partial charge in [-0.05, 0) is 19.0 Å². The van der Waals surface area contributed by atoms with Crippen LogP contribution in [0.3, 0.4) is 0 Å². The molecule has 110 valence electrons. The van der Waals surface area contributed by atoms with Crippen molar-refractivity contribution in [2.75, 3.05) is 19.6 Å². The van der Waals surface area contributed by atoms with Crippen LogP contribution in [0.1, 0.15) is 23.7 Å². The molecular formula is C12H15F2N3O3. The lowest BCUT2D eigenvalue weighted by atomic mass is 10.1. The van der Waals surface area contributed by atoms with Gasteiger partial charge in [-0.25, -0.2) is 8.78 Å². The fourth-order valence-corrected chi connectivity index (χ4v) is 1.53. The van der Waals surface area contributed by atoms with Crippen molar-refractivity contribution in [3.05, 3.63) is 39.4 Å². The van der Waals surface area contributed by atoms with Crippen LogP contribution >= 0.6 is 0 Å². The van der Waals surface area contributed by atoms with Crippen molar-refractivity contribution in [1.82, 2.24) is 10.6 Å². The average Bonchev–Trinajstić information content (AvgIpc) is 2.40. The van der Waals surface area contributed by atoms with Crippen molar-refractivity contribution in [2.45, 2.75) is 13.3 Å². The van der Waals surface area contributed by atoms with E-state index in [9.17, 15) is 23.7 Å². The largest absolute Gasteiger partial charge is 0.351 e. The van der Waals surface area contributed by atoms with Gasteiger partial charge in [-0.3, -0.25) is 14.9 Å². The summed E-state index contributed by atoms with van der Waals surface area (Å²) in [6.45, 7) is 3.48. The minimum atomic E-state index is -1.36. The van der Waals surface area contributed by atoms with Gasteiger partial charge in [0.15, 0.2) is 11.6 Å². The molecule has 0 saturated carbocycles. The predicted octanol–water partition coefficient (Wildman–Crippen LogP) is 1.60. The van der Waals surface area contributed by atoms with Crippen molar-refractivity contribution < 1.29 is 18.5 Å². The Labute approximate surface area is 114 Å². The first-order valence-electron chi connectivity index (χ1n) is 6.09. The van der Waals surface area contributed by atoms with Gasteiger partial charge in [-0.2, -0.15) is 0 Å². The molecule has 20 heavy (non-hydrogen) atoms. The first-order valence-corrected chi connectivity index (χ1v) is 6.09. The number of benzene rings is 1. The van der Waals surface area contributed by atoms with E-state index in [4.69, 9.17) is 0 Å². The first kappa shape index (κ1) is 16.0. The molecule has 0 aliphatic carbocycles. The van der Waals surface area contributed by atoms with E-state index in [0.29, 0.717) is 18.7 Å². The molecule has 0 heterocycles. The Balaban J connectivity index is 2.76. The van der Waals surface area contributed by atoms with E-state index < -0.39 is 33.7 Å². The molecule has 2 N–H and O–H groups in total. The Morgan fingerprint density at radius 3 is 2.50 bits per heavy atom. The topological polar surface area (TPSA) is 84.3 Å². The van der Waals surface area contributed by atoms with Crippen LogP contribution < -0.4 is 10.6 Å². The van der Waals surface area contributed by atoms with Gasteiger partial charge in [0.05, 0.1) is 11.0 Å². The van der Waals surface area contributed by atoms with Gasteiger partial charge in [0.1, 0.15) is 5.56 Å². The number of nitro groups is 1. The third-order valence-electron chi connectivity index (χ3n) is 2.49. The number of hydrogen-bond donors (Lipinski definition) is 2. The van der Waals surface area contributed by atoms with E-state index in [-0.39, 0.29) is 6.54 Å². The molecule has 8 heteroatoms. The summed E-state index contributed by atoms with van der Waals surface area (Å²) in [5.74, 6) is -3.48. The van der Waals surface area contributed by atoms with Crippen molar-refractivity contribution in [1.29, 1.82) is 0 Å². The van der Waals surface area contributed by atoms with Crippen LogP contribution in [0.4, 0.5) is 14.5 Å². The Morgan fingerprint density at radius 2 is 1.90 bits per heavy atom. The van der Waals surface area contributed by atoms with E-state index in [2.05, 4.69) is 10.6 Å². The van der Waals surface area contributed by atoms with Gasteiger partial charge in [0.25, 0.3) is 11.6 Å². The van der Waals surface area contributed by atoms with Crippen molar-refractivity contribution in [3.63, 3.8) is 0 Å². The normalized spacial score (nSPS) is 10.3. The van der Waals surface area contributed by atoms with E-state index in [1.54, 1.807) is 0 Å². The van der Waals surface area contributed by atoms with Crippen LogP contribution in [0.5, 0.6) is 0 Å². The first-order chi connectivity index (χ1) is 9.47. The molecule has 1 rings (SSSR count). The fourth-order valence-electron chi connectivity index (χ4n) is 1.53. The Bertz CT molecular complexity index is 509. The number of nitrogens with zero attached hydrogens (tertiary/aromatic N) is 1. The summed E-state index contributed by atoms with van der Waals surface area (Å²) in [6.07, 6.45) is 0.933. The average molecular weight is 287 g/mol. The second kappa shape index (κ2) is 7.49. The molecule has 0 saturated heterocycles. The predicted molar refractivity (Wildman–Crippen MR) is 68.5 cm³/mol. The van der Waals surface area contributed by atoms with Crippen molar-refractivity contribution in [3.8, 4) is 0 Å². The maximum absolute atomic E-state index is 13.1. The Kier molecular flexibility index (Phi) is 5.98. The van der Waals surface area contributed by atoms with Gasteiger partial charge in [-0.1, -0.05) is 6.92 Å². The molecule has 0 aliphatic heterocycles. The lowest BCUT2D eigenvalue weighted by molar-refractivity contribution is -0.385. The third-order valence-corrected chi connectivity index (χ3v) is 2.49. The molecule has 0 atom stereocenters. The van der Waals surface area contributed by atoms with Crippen LogP contribution in [0, 0.1) is 21.7 Å². The molecule has 1 amide bonds. The maximum Gasteiger partial charge on any atom is 0.285 e. The molecule has 0 bridgehead atoms. The van der Waals surface area contributed by atoms with Gasteiger partial charge in [-0.15, -0.1) is 0 Å². The number of carbonyl (C=O) groups is 1. The SMILES string of the molecule is CCCNCCNC(=O)c1cc(F)c(F)cc1[N+](=O)[O-]. The zero-order valence-electron chi connectivity index (χ0n) is 10.9. The molecule has 0 fully saturated rings. The van der Waals surface area contributed by atoms with E-state index >= 15 is 0 Å². The highest BCUT2D eigenvalue weighted by Crippen LogP contribution is 2.22.